The molecule has 5 nitrogen and oxygen atoms in total. The molecule has 0 radical (unpaired) electrons. The molecule has 0 aliphatic rings. The minimum atomic E-state index is -0.261. The topological polar surface area (TPSA) is 75.1 Å². The Kier molecular flexibility index (Phi) is 6.03. The van der Waals surface area contributed by atoms with Crippen LogP contribution in [0.15, 0.2) is 48.9 Å². The van der Waals surface area contributed by atoms with E-state index in [1.54, 1.807) is 18.6 Å². The Balaban J connectivity index is 1.86. The first kappa shape index (κ1) is 16.1. The summed E-state index contributed by atoms with van der Waals surface area (Å²) in [5.74, 6) is -0.365. The molecule has 2 rings (SSSR count). The van der Waals surface area contributed by atoms with Crippen molar-refractivity contribution in [1.82, 2.24) is 15.3 Å². The fraction of sp³-hybridized carbons (Fsp3) is 0.353. The highest BCUT2D eigenvalue weighted by molar-refractivity contribution is 5.83. The number of aromatic nitrogens is 2. The third-order valence-corrected chi connectivity index (χ3v) is 3.62. The van der Waals surface area contributed by atoms with Gasteiger partial charge in [0.1, 0.15) is 0 Å². The molecule has 0 aliphatic heterocycles. The number of carbonyl (C=O) groups excluding carboxylic acids is 1. The molecule has 2 heterocycles. The monoisotopic (exact) mass is 299 g/mol. The van der Waals surface area contributed by atoms with E-state index in [4.69, 9.17) is 0 Å². The van der Waals surface area contributed by atoms with Crippen LogP contribution in [0.5, 0.6) is 0 Å². The average molecular weight is 299 g/mol. The molecular formula is C17H21N3O2. The standard InChI is InChI=1S/C17H21N3O2/c1-13(15-5-4-7-18-11-15)17(22)20-10-14(12-21)9-16-6-2-3-8-19-16/h2-8,11,13-14,21H,9-10,12H2,1H3,(H,20,22). The van der Waals surface area contributed by atoms with E-state index in [9.17, 15) is 9.90 Å². The van der Waals surface area contributed by atoms with E-state index in [0.29, 0.717) is 13.0 Å². The van der Waals surface area contributed by atoms with E-state index in [1.165, 1.54) is 0 Å². The number of carbonyl (C=O) groups is 1. The minimum Gasteiger partial charge on any atom is -0.396 e. The summed E-state index contributed by atoms with van der Waals surface area (Å²) < 4.78 is 0. The lowest BCUT2D eigenvalue weighted by atomic mass is 10.0. The van der Waals surface area contributed by atoms with Crippen LogP contribution in [0.3, 0.4) is 0 Å². The first-order valence-electron chi connectivity index (χ1n) is 7.39. The van der Waals surface area contributed by atoms with Crippen LogP contribution in [0.1, 0.15) is 24.1 Å². The minimum absolute atomic E-state index is 0.0120. The molecule has 2 aromatic rings. The summed E-state index contributed by atoms with van der Waals surface area (Å²) in [6, 6.07) is 9.39. The van der Waals surface area contributed by atoms with Crippen LogP contribution in [0, 0.1) is 5.92 Å². The molecule has 116 valence electrons. The van der Waals surface area contributed by atoms with Gasteiger partial charge in [-0.15, -0.1) is 0 Å². The van der Waals surface area contributed by atoms with Crippen LogP contribution in [0.2, 0.25) is 0 Å². The molecule has 0 fully saturated rings. The number of nitrogens with zero attached hydrogens (tertiary/aromatic N) is 2. The van der Waals surface area contributed by atoms with Gasteiger partial charge in [0.05, 0.1) is 5.92 Å². The van der Waals surface area contributed by atoms with E-state index < -0.39 is 0 Å². The zero-order valence-electron chi connectivity index (χ0n) is 12.6. The van der Waals surface area contributed by atoms with Crippen molar-refractivity contribution >= 4 is 5.91 Å². The van der Waals surface area contributed by atoms with Crippen molar-refractivity contribution in [3.8, 4) is 0 Å². The number of hydrogen-bond donors (Lipinski definition) is 2. The summed E-state index contributed by atoms with van der Waals surface area (Å²) in [5.41, 5.74) is 1.79. The van der Waals surface area contributed by atoms with Crippen molar-refractivity contribution in [2.75, 3.05) is 13.2 Å². The second-order valence-corrected chi connectivity index (χ2v) is 5.33. The second kappa shape index (κ2) is 8.24. The Hall–Kier alpha value is -2.27. The maximum absolute atomic E-state index is 12.2. The number of nitrogens with one attached hydrogen (secondary N) is 1. The van der Waals surface area contributed by atoms with Gasteiger partial charge in [0, 0.05) is 43.4 Å². The SMILES string of the molecule is CC(C(=O)NCC(CO)Cc1ccccn1)c1cccnc1. The lowest BCUT2D eigenvalue weighted by Gasteiger charge is -2.17. The first-order valence-corrected chi connectivity index (χ1v) is 7.39. The van der Waals surface area contributed by atoms with E-state index in [0.717, 1.165) is 11.3 Å². The number of pyridine rings is 2. The van der Waals surface area contributed by atoms with Crippen molar-refractivity contribution in [2.24, 2.45) is 5.92 Å². The van der Waals surface area contributed by atoms with Crippen LogP contribution in [0.25, 0.3) is 0 Å². The molecule has 0 saturated heterocycles. The fourth-order valence-corrected chi connectivity index (χ4v) is 2.20. The van der Waals surface area contributed by atoms with Crippen LogP contribution in [-0.2, 0) is 11.2 Å². The molecule has 5 heteroatoms. The predicted molar refractivity (Wildman–Crippen MR) is 84.2 cm³/mol. The van der Waals surface area contributed by atoms with Crippen LogP contribution in [-0.4, -0.2) is 34.1 Å². The Labute approximate surface area is 130 Å². The molecule has 2 unspecified atom stereocenters. The van der Waals surface area contributed by atoms with Gasteiger partial charge in [-0.1, -0.05) is 12.1 Å². The van der Waals surface area contributed by atoms with Gasteiger partial charge in [0.25, 0.3) is 0 Å². The largest absolute Gasteiger partial charge is 0.396 e. The molecular weight excluding hydrogens is 278 g/mol. The van der Waals surface area contributed by atoms with E-state index in [1.807, 2.05) is 37.3 Å². The first-order chi connectivity index (χ1) is 10.7. The summed E-state index contributed by atoms with van der Waals surface area (Å²) in [4.78, 5) is 20.5. The Morgan fingerprint density at radius 3 is 2.77 bits per heavy atom. The summed E-state index contributed by atoms with van der Waals surface area (Å²) in [7, 11) is 0. The number of amides is 1. The van der Waals surface area contributed by atoms with Crippen LogP contribution in [0.4, 0.5) is 0 Å². The molecule has 0 aromatic carbocycles. The van der Waals surface area contributed by atoms with Gasteiger partial charge >= 0.3 is 0 Å². The Morgan fingerprint density at radius 2 is 2.14 bits per heavy atom. The third kappa shape index (κ3) is 4.63. The van der Waals surface area contributed by atoms with E-state index in [-0.39, 0.29) is 24.3 Å². The van der Waals surface area contributed by atoms with Crippen molar-refractivity contribution < 1.29 is 9.90 Å². The van der Waals surface area contributed by atoms with Gasteiger partial charge in [0.15, 0.2) is 0 Å². The molecule has 0 aliphatic carbocycles. The number of aliphatic hydroxyl groups excluding tert-OH is 1. The van der Waals surface area contributed by atoms with Gasteiger partial charge in [-0.05, 0) is 37.1 Å². The van der Waals surface area contributed by atoms with E-state index in [2.05, 4.69) is 15.3 Å². The van der Waals surface area contributed by atoms with Crippen molar-refractivity contribution in [2.45, 2.75) is 19.3 Å². The highest BCUT2D eigenvalue weighted by Crippen LogP contribution is 2.13. The summed E-state index contributed by atoms with van der Waals surface area (Å²) >= 11 is 0. The van der Waals surface area contributed by atoms with Gasteiger partial charge in [-0.25, -0.2) is 0 Å². The molecule has 0 spiro atoms. The predicted octanol–water partition coefficient (Wildman–Crippen LogP) is 1.55. The number of rotatable bonds is 7. The third-order valence-electron chi connectivity index (χ3n) is 3.62. The van der Waals surface area contributed by atoms with Crippen molar-refractivity contribution in [1.29, 1.82) is 0 Å². The smallest absolute Gasteiger partial charge is 0.227 e. The molecule has 0 bridgehead atoms. The van der Waals surface area contributed by atoms with Crippen molar-refractivity contribution in [3.63, 3.8) is 0 Å². The normalized spacial score (nSPS) is 13.4. The lowest BCUT2D eigenvalue weighted by molar-refractivity contribution is -0.122. The highest BCUT2D eigenvalue weighted by Gasteiger charge is 2.17. The molecule has 22 heavy (non-hydrogen) atoms. The second-order valence-electron chi connectivity index (χ2n) is 5.33. The quantitative estimate of drug-likeness (QED) is 0.813. The lowest BCUT2D eigenvalue weighted by Crippen LogP contribution is -2.34. The average Bonchev–Trinajstić information content (AvgIpc) is 2.59. The Morgan fingerprint density at radius 1 is 1.27 bits per heavy atom. The number of hydrogen-bond acceptors (Lipinski definition) is 4. The summed E-state index contributed by atoms with van der Waals surface area (Å²) in [6.45, 7) is 2.29. The number of aliphatic hydroxyl groups is 1. The molecule has 2 N–H and O–H groups in total. The molecule has 0 saturated carbocycles. The highest BCUT2D eigenvalue weighted by atomic mass is 16.3. The van der Waals surface area contributed by atoms with Gasteiger partial charge in [-0.3, -0.25) is 14.8 Å². The molecule has 1 amide bonds. The zero-order chi connectivity index (χ0) is 15.8. The fourth-order valence-electron chi connectivity index (χ4n) is 2.20. The molecule has 2 aromatic heterocycles. The summed E-state index contributed by atoms with van der Waals surface area (Å²) in [6.07, 6.45) is 5.75. The van der Waals surface area contributed by atoms with Gasteiger partial charge < -0.3 is 10.4 Å². The van der Waals surface area contributed by atoms with Gasteiger partial charge in [0.2, 0.25) is 5.91 Å². The molecule has 2 atom stereocenters. The van der Waals surface area contributed by atoms with Crippen LogP contribution < -0.4 is 5.32 Å². The van der Waals surface area contributed by atoms with Crippen molar-refractivity contribution in [3.05, 3.63) is 60.2 Å². The maximum atomic E-state index is 12.2. The van der Waals surface area contributed by atoms with Crippen LogP contribution >= 0.6 is 0 Å². The maximum Gasteiger partial charge on any atom is 0.227 e. The Bertz CT molecular complexity index is 575. The van der Waals surface area contributed by atoms with Gasteiger partial charge in [-0.2, -0.15) is 0 Å². The summed E-state index contributed by atoms with van der Waals surface area (Å²) in [5, 5.41) is 12.4. The zero-order valence-corrected chi connectivity index (χ0v) is 12.6. The van der Waals surface area contributed by atoms with E-state index >= 15 is 0 Å².